The Morgan fingerprint density at radius 2 is 2.00 bits per heavy atom. The largest absolute Gasteiger partial charge is 0.497 e. The first kappa shape index (κ1) is 19.8. The molecular formula is C19H17ClN4O3S. The highest BCUT2D eigenvalue weighted by Crippen LogP contribution is 2.32. The van der Waals surface area contributed by atoms with E-state index in [-0.39, 0.29) is 17.2 Å². The van der Waals surface area contributed by atoms with Crippen LogP contribution >= 0.6 is 23.8 Å². The summed E-state index contributed by atoms with van der Waals surface area (Å²) in [6.07, 6.45) is 2.96. The monoisotopic (exact) mass is 416 g/mol. The lowest BCUT2D eigenvalue weighted by atomic mass is 10.0. The number of halogens is 1. The molecule has 1 saturated heterocycles. The van der Waals surface area contributed by atoms with Gasteiger partial charge in [-0.25, -0.2) is 0 Å². The lowest BCUT2D eigenvalue weighted by Gasteiger charge is -2.27. The molecule has 0 spiro atoms. The van der Waals surface area contributed by atoms with Gasteiger partial charge in [0.2, 0.25) is 0 Å². The predicted molar refractivity (Wildman–Crippen MR) is 111 cm³/mol. The number of amides is 2. The third-order valence-electron chi connectivity index (χ3n) is 4.16. The minimum atomic E-state index is -0.587. The van der Waals surface area contributed by atoms with Crippen molar-refractivity contribution in [2.24, 2.45) is 7.05 Å². The van der Waals surface area contributed by atoms with Crippen molar-refractivity contribution in [3.05, 3.63) is 53.2 Å². The first-order chi connectivity index (χ1) is 13.4. The number of hydrogen-bond donors (Lipinski definition) is 1. The Kier molecular flexibility index (Phi) is 5.62. The summed E-state index contributed by atoms with van der Waals surface area (Å²) in [4.78, 5) is 26.4. The highest BCUT2D eigenvalue weighted by molar-refractivity contribution is 7.80. The van der Waals surface area contributed by atoms with Gasteiger partial charge < -0.3 is 4.74 Å². The summed E-state index contributed by atoms with van der Waals surface area (Å²) in [6, 6.07) is 7.22. The second kappa shape index (κ2) is 7.95. The summed E-state index contributed by atoms with van der Waals surface area (Å²) < 4.78 is 6.65. The van der Waals surface area contributed by atoms with Gasteiger partial charge in [-0.3, -0.25) is 24.5 Å². The van der Waals surface area contributed by atoms with E-state index in [2.05, 4.69) is 17.0 Å². The molecule has 3 rings (SSSR count). The Morgan fingerprint density at radius 1 is 1.32 bits per heavy atom. The number of rotatable bonds is 5. The highest BCUT2D eigenvalue weighted by atomic mass is 35.5. The van der Waals surface area contributed by atoms with Crippen molar-refractivity contribution in [1.82, 2.24) is 20.0 Å². The molecule has 2 heterocycles. The van der Waals surface area contributed by atoms with E-state index < -0.39 is 11.8 Å². The summed E-state index contributed by atoms with van der Waals surface area (Å²) in [5.41, 5.74) is 1.67. The topological polar surface area (TPSA) is 76.5 Å². The quantitative estimate of drug-likeness (QED) is 0.351. The van der Waals surface area contributed by atoms with Crippen molar-refractivity contribution in [3.63, 3.8) is 0 Å². The van der Waals surface area contributed by atoms with Crippen LogP contribution in [-0.4, -0.2) is 45.3 Å². The number of aryl methyl sites for hydroxylation is 1. The van der Waals surface area contributed by atoms with E-state index in [0.29, 0.717) is 22.2 Å². The Hall–Kier alpha value is -2.97. The average molecular weight is 417 g/mol. The number of nitrogens with one attached hydrogen (secondary N) is 1. The van der Waals surface area contributed by atoms with Gasteiger partial charge in [-0.1, -0.05) is 17.7 Å². The van der Waals surface area contributed by atoms with Crippen LogP contribution < -0.4 is 10.1 Å². The van der Waals surface area contributed by atoms with Crippen molar-refractivity contribution in [1.29, 1.82) is 0 Å². The molecule has 1 aliphatic rings. The highest BCUT2D eigenvalue weighted by Gasteiger charge is 2.33. The fourth-order valence-corrected chi connectivity index (χ4v) is 3.18. The van der Waals surface area contributed by atoms with Gasteiger partial charge in [0.05, 0.1) is 7.11 Å². The van der Waals surface area contributed by atoms with Gasteiger partial charge in [0, 0.05) is 24.7 Å². The van der Waals surface area contributed by atoms with Crippen molar-refractivity contribution < 1.29 is 14.3 Å². The van der Waals surface area contributed by atoms with E-state index in [9.17, 15) is 9.59 Å². The summed E-state index contributed by atoms with van der Waals surface area (Å²) in [6.45, 7) is 3.79. The second-order valence-corrected chi connectivity index (χ2v) is 6.67. The number of carbonyl (C=O) groups is 2. The van der Waals surface area contributed by atoms with Gasteiger partial charge in [-0.2, -0.15) is 5.10 Å². The van der Waals surface area contributed by atoms with Crippen molar-refractivity contribution in [2.75, 3.05) is 13.7 Å². The van der Waals surface area contributed by atoms with Gasteiger partial charge in [-0.15, -0.1) is 6.58 Å². The molecule has 0 aliphatic carbocycles. The molecule has 0 radical (unpaired) electrons. The number of benzene rings is 1. The zero-order chi connectivity index (χ0) is 20.4. The number of carbonyl (C=O) groups excluding carboxylic acids is 2. The number of nitrogens with zero attached hydrogens (tertiary/aromatic N) is 3. The number of methoxy groups -OCH3 is 1. The Balaban J connectivity index is 2.10. The second-order valence-electron chi connectivity index (χ2n) is 5.93. The maximum atomic E-state index is 12.8. The van der Waals surface area contributed by atoms with E-state index in [1.54, 1.807) is 26.3 Å². The molecule has 1 fully saturated rings. The fraction of sp³-hybridized carbons (Fsp3) is 0.158. The van der Waals surface area contributed by atoms with Crippen LogP contribution in [0.1, 0.15) is 5.56 Å². The van der Waals surface area contributed by atoms with Crippen LogP contribution in [0.25, 0.3) is 17.3 Å². The number of aromatic nitrogens is 2. The Morgan fingerprint density at radius 3 is 2.61 bits per heavy atom. The van der Waals surface area contributed by atoms with E-state index in [1.165, 1.54) is 21.7 Å². The van der Waals surface area contributed by atoms with E-state index in [1.807, 2.05) is 12.1 Å². The van der Waals surface area contributed by atoms with Crippen molar-refractivity contribution in [3.8, 4) is 17.0 Å². The first-order valence-electron chi connectivity index (χ1n) is 8.24. The molecule has 2 aromatic rings. The molecule has 144 valence electrons. The van der Waals surface area contributed by atoms with Crippen LogP contribution in [0.5, 0.6) is 5.75 Å². The van der Waals surface area contributed by atoms with Crippen LogP contribution in [0.4, 0.5) is 0 Å². The third-order valence-corrected chi connectivity index (χ3v) is 4.93. The average Bonchev–Trinajstić information content (AvgIpc) is 2.96. The summed E-state index contributed by atoms with van der Waals surface area (Å²) in [7, 11) is 3.26. The molecule has 0 unspecified atom stereocenters. The lowest BCUT2D eigenvalue weighted by molar-refractivity contribution is -0.128. The maximum Gasteiger partial charge on any atom is 0.265 e. The number of hydrogen-bond acceptors (Lipinski definition) is 5. The normalized spacial score (nSPS) is 15.8. The number of thiocarbonyl (C=S) groups is 1. The van der Waals surface area contributed by atoms with E-state index >= 15 is 0 Å². The van der Waals surface area contributed by atoms with Gasteiger partial charge in [0.15, 0.2) is 5.11 Å². The molecule has 7 nitrogen and oxygen atoms in total. The molecule has 28 heavy (non-hydrogen) atoms. The number of ether oxygens (including phenoxy) is 1. The van der Waals surface area contributed by atoms with E-state index in [4.69, 9.17) is 28.6 Å². The standard InChI is InChI=1S/C19H17ClN4O3S/c1-4-9-24-18(26)14(17(25)21-19(24)28)10-13-15(22-23(2)16(13)20)11-5-7-12(27-3)8-6-11/h4-8,10H,1,9H2,2-3H3,(H,21,25,28)/b14-10+. The van der Waals surface area contributed by atoms with Gasteiger partial charge in [-0.05, 0) is 42.6 Å². The molecule has 2 amide bonds. The fourth-order valence-electron chi connectivity index (χ4n) is 2.74. The van der Waals surface area contributed by atoms with Gasteiger partial charge in [0.1, 0.15) is 22.2 Å². The maximum absolute atomic E-state index is 12.8. The van der Waals surface area contributed by atoms with Gasteiger partial charge >= 0.3 is 0 Å². The summed E-state index contributed by atoms with van der Waals surface area (Å²) in [5.74, 6) is -0.411. The minimum absolute atomic E-state index is 0.0414. The van der Waals surface area contributed by atoms with Crippen LogP contribution in [0.15, 0.2) is 42.5 Å². The Bertz CT molecular complexity index is 1010. The minimum Gasteiger partial charge on any atom is -0.497 e. The van der Waals surface area contributed by atoms with E-state index in [0.717, 1.165) is 5.56 Å². The molecule has 9 heteroatoms. The smallest absolute Gasteiger partial charge is 0.265 e. The van der Waals surface area contributed by atoms with Crippen molar-refractivity contribution in [2.45, 2.75) is 0 Å². The predicted octanol–water partition coefficient (Wildman–Crippen LogP) is 2.56. The lowest BCUT2D eigenvalue weighted by Crippen LogP contribution is -2.53. The first-order valence-corrected chi connectivity index (χ1v) is 9.02. The zero-order valence-corrected chi connectivity index (χ0v) is 16.8. The molecule has 1 aromatic heterocycles. The molecule has 0 atom stereocenters. The molecule has 1 aromatic carbocycles. The van der Waals surface area contributed by atoms with Crippen LogP contribution in [0.2, 0.25) is 5.15 Å². The molecule has 0 bridgehead atoms. The summed E-state index contributed by atoms with van der Waals surface area (Å²) in [5, 5.41) is 7.27. The van der Waals surface area contributed by atoms with Crippen LogP contribution in [0, 0.1) is 0 Å². The molecule has 0 saturated carbocycles. The molecule has 1 aliphatic heterocycles. The van der Waals surface area contributed by atoms with Gasteiger partial charge in [0.25, 0.3) is 11.8 Å². The zero-order valence-electron chi connectivity index (χ0n) is 15.2. The SMILES string of the molecule is C=CCN1C(=O)/C(=C/c2c(-c3ccc(OC)cc3)nn(C)c2Cl)C(=O)NC1=S. The Labute approximate surface area is 172 Å². The third kappa shape index (κ3) is 3.56. The molecular weight excluding hydrogens is 400 g/mol. The van der Waals surface area contributed by atoms with Crippen LogP contribution in [0.3, 0.4) is 0 Å². The van der Waals surface area contributed by atoms with Crippen LogP contribution in [-0.2, 0) is 16.6 Å². The molecule has 1 N–H and O–H groups in total. The summed E-state index contributed by atoms with van der Waals surface area (Å²) >= 11 is 11.5. The van der Waals surface area contributed by atoms with Crippen molar-refractivity contribution >= 4 is 46.8 Å².